The van der Waals surface area contributed by atoms with E-state index in [0.717, 1.165) is 12.8 Å². The number of amides is 2. The van der Waals surface area contributed by atoms with E-state index >= 15 is 0 Å². The van der Waals surface area contributed by atoms with Gasteiger partial charge in [-0.25, -0.2) is 14.6 Å². The number of anilines is 1. The minimum Gasteiger partial charge on any atom is -0.477 e. The molecule has 3 N–H and O–H groups in total. The Morgan fingerprint density at radius 1 is 1.33 bits per heavy atom. The van der Waals surface area contributed by atoms with Crippen LogP contribution < -0.4 is 10.6 Å². The summed E-state index contributed by atoms with van der Waals surface area (Å²) in [5.41, 5.74) is 0.407. The van der Waals surface area contributed by atoms with Crippen molar-refractivity contribution >= 4 is 17.7 Å². The fourth-order valence-electron chi connectivity index (χ4n) is 1.44. The molecule has 0 saturated heterocycles. The van der Waals surface area contributed by atoms with Crippen LogP contribution in [0.2, 0.25) is 0 Å². The lowest BCUT2D eigenvalue weighted by atomic mass is 10.2. The molecule has 0 aliphatic carbocycles. The van der Waals surface area contributed by atoms with Gasteiger partial charge in [-0.15, -0.1) is 0 Å². The molecular weight excluding hydrogens is 234 g/mol. The molecule has 0 aromatic carbocycles. The molecule has 18 heavy (non-hydrogen) atoms. The zero-order chi connectivity index (χ0) is 13.5. The van der Waals surface area contributed by atoms with E-state index in [4.69, 9.17) is 5.11 Å². The van der Waals surface area contributed by atoms with Crippen molar-refractivity contribution in [2.75, 3.05) is 5.32 Å². The molecule has 0 radical (unpaired) electrons. The van der Waals surface area contributed by atoms with Gasteiger partial charge in [0.25, 0.3) is 0 Å². The predicted molar refractivity (Wildman–Crippen MR) is 67.7 cm³/mol. The third-order valence-electron chi connectivity index (χ3n) is 2.56. The van der Waals surface area contributed by atoms with Crippen LogP contribution in [0, 0.1) is 0 Å². The fourth-order valence-corrected chi connectivity index (χ4v) is 1.44. The van der Waals surface area contributed by atoms with Crippen molar-refractivity contribution < 1.29 is 14.7 Å². The lowest BCUT2D eigenvalue weighted by Gasteiger charge is -2.15. The largest absolute Gasteiger partial charge is 0.477 e. The smallest absolute Gasteiger partial charge is 0.354 e. The van der Waals surface area contributed by atoms with Gasteiger partial charge in [0.15, 0.2) is 0 Å². The van der Waals surface area contributed by atoms with Crippen LogP contribution >= 0.6 is 0 Å². The second-order valence-electron chi connectivity index (χ2n) is 3.85. The van der Waals surface area contributed by atoms with Crippen molar-refractivity contribution in [2.45, 2.75) is 32.7 Å². The van der Waals surface area contributed by atoms with E-state index in [1.54, 1.807) is 0 Å². The minimum atomic E-state index is -1.09. The number of carboxylic acid groups (broad SMARTS) is 1. The van der Waals surface area contributed by atoms with Crippen LogP contribution in [0.15, 0.2) is 18.3 Å². The Bertz CT molecular complexity index is 413. The van der Waals surface area contributed by atoms with E-state index in [1.165, 1.54) is 18.3 Å². The number of pyridine rings is 1. The lowest BCUT2D eigenvalue weighted by molar-refractivity contribution is 0.0690. The Labute approximate surface area is 105 Å². The number of carbonyl (C=O) groups is 2. The standard InChI is InChI=1S/C12H17N3O3/c1-3-8(4-2)14-12(18)15-9-5-6-10(11(16)17)13-7-9/h5-8H,3-4H2,1-2H3,(H,16,17)(H2,14,15,18). The average molecular weight is 251 g/mol. The predicted octanol–water partition coefficient (Wildman–Crippen LogP) is 2.09. The summed E-state index contributed by atoms with van der Waals surface area (Å²) in [5.74, 6) is -1.09. The molecule has 6 heteroatoms. The molecule has 6 nitrogen and oxygen atoms in total. The molecule has 1 heterocycles. The van der Waals surface area contributed by atoms with Gasteiger partial charge in [0.1, 0.15) is 5.69 Å². The third kappa shape index (κ3) is 4.04. The number of hydrogen-bond donors (Lipinski definition) is 3. The molecule has 1 rings (SSSR count). The molecule has 2 amide bonds. The van der Waals surface area contributed by atoms with Gasteiger partial charge in [-0.3, -0.25) is 0 Å². The molecule has 1 aromatic rings. The van der Waals surface area contributed by atoms with Gasteiger partial charge in [0.05, 0.1) is 11.9 Å². The fraction of sp³-hybridized carbons (Fsp3) is 0.417. The Hall–Kier alpha value is -2.11. The summed E-state index contributed by atoms with van der Waals surface area (Å²) in [6.45, 7) is 4.00. The number of hydrogen-bond acceptors (Lipinski definition) is 3. The summed E-state index contributed by atoms with van der Waals surface area (Å²) in [6, 6.07) is 2.67. The van der Waals surface area contributed by atoms with Gasteiger partial charge in [-0.2, -0.15) is 0 Å². The molecule has 0 saturated carbocycles. The molecule has 1 aromatic heterocycles. The van der Waals surface area contributed by atoms with E-state index in [2.05, 4.69) is 15.6 Å². The highest BCUT2D eigenvalue weighted by molar-refractivity contribution is 5.90. The zero-order valence-corrected chi connectivity index (χ0v) is 10.4. The molecule has 0 bridgehead atoms. The quantitative estimate of drug-likeness (QED) is 0.747. The normalized spacial score (nSPS) is 10.2. The van der Waals surface area contributed by atoms with Crippen molar-refractivity contribution in [1.29, 1.82) is 0 Å². The molecule has 0 fully saturated rings. The maximum absolute atomic E-state index is 11.6. The third-order valence-corrected chi connectivity index (χ3v) is 2.56. The summed E-state index contributed by atoms with van der Waals surface area (Å²) in [4.78, 5) is 25.9. The molecule has 0 spiro atoms. The topological polar surface area (TPSA) is 91.3 Å². The minimum absolute atomic E-state index is 0.0547. The molecule has 0 unspecified atom stereocenters. The number of urea groups is 1. The van der Waals surface area contributed by atoms with E-state index in [9.17, 15) is 9.59 Å². The van der Waals surface area contributed by atoms with E-state index in [-0.39, 0.29) is 17.8 Å². The van der Waals surface area contributed by atoms with Crippen LogP contribution in [-0.2, 0) is 0 Å². The van der Waals surface area contributed by atoms with Gasteiger partial charge < -0.3 is 15.7 Å². The van der Waals surface area contributed by atoms with Crippen LogP contribution in [0.3, 0.4) is 0 Å². The molecule has 98 valence electrons. The number of aromatic nitrogens is 1. The van der Waals surface area contributed by atoms with Gasteiger partial charge in [0.2, 0.25) is 0 Å². The summed E-state index contributed by atoms with van der Waals surface area (Å²) < 4.78 is 0. The van der Waals surface area contributed by atoms with Crippen LogP contribution in [0.1, 0.15) is 37.2 Å². The molecule has 0 aliphatic heterocycles. The van der Waals surface area contributed by atoms with Crippen molar-refractivity contribution in [2.24, 2.45) is 0 Å². The number of aromatic carboxylic acids is 1. The molecule has 0 atom stereocenters. The number of rotatable bonds is 5. The summed E-state index contributed by atoms with van der Waals surface area (Å²) in [6.07, 6.45) is 3.04. The van der Waals surface area contributed by atoms with Gasteiger partial charge in [-0.05, 0) is 25.0 Å². The Morgan fingerprint density at radius 3 is 2.44 bits per heavy atom. The number of carboxylic acids is 1. The van der Waals surface area contributed by atoms with Gasteiger partial charge >= 0.3 is 12.0 Å². The summed E-state index contributed by atoms with van der Waals surface area (Å²) in [5, 5.41) is 14.1. The highest BCUT2D eigenvalue weighted by Gasteiger charge is 2.09. The average Bonchev–Trinajstić information content (AvgIpc) is 2.36. The highest BCUT2D eigenvalue weighted by atomic mass is 16.4. The van der Waals surface area contributed by atoms with Gasteiger partial charge in [-0.1, -0.05) is 13.8 Å². The van der Waals surface area contributed by atoms with Crippen molar-refractivity contribution in [3.8, 4) is 0 Å². The Balaban J connectivity index is 2.56. The molecule has 0 aliphatic rings. The van der Waals surface area contributed by atoms with Crippen molar-refractivity contribution in [3.63, 3.8) is 0 Å². The second kappa shape index (κ2) is 6.58. The number of nitrogens with one attached hydrogen (secondary N) is 2. The maximum atomic E-state index is 11.6. The van der Waals surface area contributed by atoms with Crippen LogP contribution in [0.5, 0.6) is 0 Å². The maximum Gasteiger partial charge on any atom is 0.354 e. The lowest BCUT2D eigenvalue weighted by Crippen LogP contribution is -2.37. The Morgan fingerprint density at radius 2 is 2.00 bits per heavy atom. The van der Waals surface area contributed by atoms with E-state index in [0.29, 0.717) is 5.69 Å². The van der Waals surface area contributed by atoms with Crippen molar-refractivity contribution in [3.05, 3.63) is 24.0 Å². The number of carbonyl (C=O) groups excluding carboxylic acids is 1. The monoisotopic (exact) mass is 251 g/mol. The second-order valence-corrected chi connectivity index (χ2v) is 3.85. The summed E-state index contributed by atoms with van der Waals surface area (Å²) in [7, 11) is 0. The first-order chi connectivity index (χ1) is 8.56. The van der Waals surface area contributed by atoms with Crippen LogP contribution in [0.4, 0.5) is 10.5 Å². The first-order valence-corrected chi connectivity index (χ1v) is 5.83. The molecular formula is C12H17N3O3. The van der Waals surface area contributed by atoms with Crippen LogP contribution in [0.25, 0.3) is 0 Å². The summed E-state index contributed by atoms with van der Waals surface area (Å²) >= 11 is 0. The Kier molecular flexibility index (Phi) is 5.10. The van der Waals surface area contributed by atoms with Gasteiger partial charge in [0, 0.05) is 6.04 Å². The first-order valence-electron chi connectivity index (χ1n) is 5.83. The van der Waals surface area contributed by atoms with E-state index in [1.807, 2.05) is 13.8 Å². The van der Waals surface area contributed by atoms with Crippen molar-refractivity contribution in [1.82, 2.24) is 10.3 Å². The number of nitrogens with zero attached hydrogens (tertiary/aromatic N) is 1. The van der Waals surface area contributed by atoms with E-state index < -0.39 is 5.97 Å². The SMILES string of the molecule is CCC(CC)NC(=O)Nc1ccc(C(=O)O)nc1. The first kappa shape index (κ1) is 14.0. The zero-order valence-electron chi connectivity index (χ0n) is 10.4. The highest BCUT2D eigenvalue weighted by Crippen LogP contribution is 2.06. The van der Waals surface area contributed by atoms with Crippen LogP contribution in [-0.4, -0.2) is 28.1 Å².